The molecule has 0 radical (unpaired) electrons. The summed E-state index contributed by atoms with van der Waals surface area (Å²) >= 11 is 2.21. The Morgan fingerprint density at radius 1 is 1.10 bits per heavy atom. The van der Waals surface area contributed by atoms with Crippen molar-refractivity contribution in [2.75, 3.05) is 0 Å². The third-order valence-corrected chi connectivity index (χ3v) is 5.65. The van der Waals surface area contributed by atoms with Crippen LogP contribution in [0.15, 0.2) is 41.5 Å². The van der Waals surface area contributed by atoms with Crippen LogP contribution in [-0.2, 0) is 9.59 Å². The second-order valence-electron chi connectivity index (χ2n) is 5.75. The molecule has 1 aromatic carbocycles. The van der Waals surface area contributed by atoms with Gasteiger partial charge >= 0.3 is 0 Å². The summed E-state index contributed by atoms with van der Waals surface area (Å²) in [5, 5.41) is 5.26. The Hall–Kier alpha value is -1.50. The molecule has 0 aromatic heterocycles. The Labute approximate surface area is 136 Å². The van der Waals surface area contributed by atoms with Crippen molar-refractivity contribution in [2.24, 2.45) is 28.8 Å². The molecule has 4 atom stereocenters. The van der Waals surface area contributed by atoms with Crippen LogP contribution in [-0.4, -0.2) is 23.0 Å². The predicted molar refractivity (Wildman–Crippen MR) is 86.3 cm³/mol. The molecule has 1 heterocycles. The van der Waals surface area contributed by atoms with Gasteiger partial charge in [0.15, 0.2) is 0 Å². The van der Waals surface area contributed by atoms with E-state index in [-0.39, 0.29) is 35.5 Å². The van der Waals surface area contributed by atoms with Gasteiger partial charge in [-0.05, 0) is 46.9 Å². The minimum Gasteiger partial charge on any atom is -0.272 e. The maximum atomic E-state index is 12.4. The first-order valence-electron chi connectivity index (χ1n) is 7.01. The SMILES string of the molecule is O=C1[C@@H]2[C@H](C(=O)N1/N=C\c1ccccc1I)[C@H]1C=C[C@H]2C1. The maximum Gasteiger partial charge on any atom is 0.254 e. The molecule has 0 unspecified atom stereocenters. The molecule has 1 aliphatic heterocycles. The van der Waals surface area contributed by atoms with Gasteiger partial charge in [0, 0.05) is 9.13 Å². The zero-order valence-electron chi connectivity index (χ0n) is 11.1. The van der Waals surface area contributed by atoms with E-state index in [1.807, 2.05) is 24.3 Å². The van der Waals surface area contributed by atoms with Gasteiger partial charge < -0.3 is 0 Å². The number of carbonyl (C=O) groups excluding carboxylic acids is 2. The highest BCUT2D eigenvalue weighted by atomic mass is 127. The zero-order chi connectivity index (χ0) is 14.6. The van der Waals surface area contributed by atoms with Crippen molar-refractivity contribution in [3.05, 3.63) is 45.6 Å². The summed E-state index contributed by atoms with van der Waals surface area (Å²) in [7, 11) is 0. The van der Waals surface area contributed by atoms with Gasteiger partial charge in [0.2, 0.25) is 0 Å². The Morgan fingerprint density at radius 2 is 1.71 bits per heavy atom. The van der Waals surface area contributed by atoms with E-state index in [1.54, 1.807) is 6.21 Å². The molecule has 2 fully saturated rings. The number of hydrogen-bond acceptors (Lipinski definition) is 3. The topological polar surface area (TPSA) is 49.7 Å². The summed E-state index contributed by atoms with van der Waals surface area (Å²) in [6.07, 6.45) is 6.73. The van der Waals surface area contributed by atoms with Crippen molar-refractivity contribution in [1.29, 1.82) is 0 Å². The first kappa shape index (κ1) is 13.2. The third kappa shape index (κ3) is 1.90. The lowest BCUT2D eigenvalue weighted by Gasteiger charge is -2.13. The Morgan fingerprint density at radius 3 is 2.33 bits per heavy atom. The quantitative estimate of drug-likeness (QED) is 0.336. The van der Waals surface area contributed by atoms with Crippen LogP contribution >= 0.6 is 22.6 Å². The number of hydrazone groups is 1. The molecule has 21 heavy (non-hydrogen) atoms. The second-order valence-corrected chi connectivity index (χ2v) is 6.92. The number of nitrogens with zero attached hydrogens (tertiary/aromatic N) is 2. The molecule has 2 amide bonds. The van der Waals surface area contributed by atoms with Gasteiger partial charge in [0.1, 0.15) is 0 Å². The number of hydrogen-bond donors (Lipinski definition) is 0. The molecule has 5 heteroatoms. The lowest BCUT2D eigenvalue weighted by Crippen LogP contribution is -2.28. The number of fused-ring (bicyclic) bond motifs is 5. The van der Waals surface area contributed by atoms with Crippen molar-refractivity contribution in [1.82, 2.24) is 5.01 Å². The fourth-order valence-electron chi connectivity index (χ4n) is 3.70. The number of rotatable bonds is 2. The van der Waals surface area contributed by atoms with E-state index in [0.717, 1.165) is 20.6 Å². The number of carbonyl (C=O) groups is 2. The minimum atomic E-state index is -0.181. The normalized spacial score (nSPS) is 33.5. The predicted octanol–water partition coefficient (Wildman–Crippen LogP) is 2.43. The largest absolute Gasteiger partial charge is 0.272 e. The van der Waals surface area contributed by atoms with Crippen molar-refractivity contribution in [2.45, 2.75) is 6.42 Å². The van der Waals surface area contributed by atoms with E-state index in [4.69, 9.17) is 0 Å². The van der Waals surface area contributed by atoms with Gasteiger partial charge in [0.05, 0.1) is 18.1 Å². The van der Waals surface area contributed by atoms with E-state index >= 15 is 0 Å². The van der Waals surface area contributed by atoms with Gasteiger partial charge in [-0.1, -0.05) is 30.4 Å². The number of allylic oxidation sites excluding steroid dienone is 2. The van der Waals surface area contributed by atoms with Crippen molar-refractivity contribution in [3.63, 3.8) is 0 Å². The van der Waals surface area contributed by atoms with Crippen molar-refractivity contribution < 1.29 is 9.59 Å². The summed E-state index contributed by atoms with van der Waals surface area (Å²) < 4.78 is 1.04. The summed E-state index contributed by atoms with van der Waals surface area (Å²) in [5.41, 5.74) is 0.914. The van der Waals surface area contributed by atoms with Crippen LogP contribution < -0.4 is 0 Å². The fraction of sp³-hybridized carbons (Fsp3) is 0.312. The number of benzene rings is 1. The van der Waals surface area contributed by atoms with Crippen LogP contribution in [0.5, 0.6) is 0 Å². The molecule has 2 bridgehead atoms. The van der Waals surface area contributed by atoms with Crippen LogP contribution in [0.4, 0.5) is 0 Å². The van der Waals surface area contributed by atoms with Crippen LogP contribution in [0.25, 0.3) is 0 Å². The van der Waals surface area contributed by atoms with E-state index in [2.05, 4.69) is 39.8 Å². The molecule has 1 saturated heterocycles. The third-order valence-electron chi connectivity index (χ3n) is 4.66. The van der Waals surface area contributed by atoms with E-state index in [9.17, 15) is 9.59 Å². The average molecular weight is 392 g/mol. The van der Waals surface area contributed by atoms with E-state index in [0.29, 0.717) is 0 Å². The van der Waals surface area contributed by atoms with E-state index in [1.165, 1.54) is 0 Å². The maximum absolute atomic E-state index is 12.4. The minimum absolute atomic E-state index is 0.135. The monoisotopic (exact) mass is 392 g/mol. The number of imide groups is 1. The summed E-state index contributed by atoms with van der Waals surface area (Å²) in [6, 6.07) is 7.74. The number of halogens is 1. The van der Waals surface area contributed by atoms with Crippen molar-refractivity contribution >= 4 is 40.6 Å². The van der Waals surface area contributed by atoms with Gasteiger partial charge in [-0.2, -0.15) is 10.1 Å². The Kier molecular flexibility index (Phi) is 2.99. The van der Waals surface area contributed by atoms with Crippen LogP contribution in [0, 0.1) is 27.2 Å². The number of amides is 2. The van der Waals surface area contributed by atoms with Gasteiger partial charge in [0.25, 0.3) is 11.8 Å². The molecule has 1 aromatic rings. The highest BCUT2D eigenvalue weighted by Gasteiger charge is 2.59. The molecule has 106 valence electrons. The van der Waals surface area contributed by atoms with Gasteiger partial charge in [-0.25, -0.2) is 0 Å². The molecule has 0 N–H and O–H groups in total. The van der Waals surface area contributed by atoms with E-state index < -0.39 is 0 Å². The standard InChI is InChI=1S/C16H13IN2O2/c17-12-4-2-1-3-11(12)8-18-19-15(20)13-9-5-6-10(7-9)14(13)16(19)21/h1-6,8-10,13-14H,7H2/b18-8-/t9-,10-,13-,14+/m0/s1. The Bertz CT molecular complexity index is 667. The molecule has 4 rings (SSSR count). The smallest absolute Gasteiger partial charge is 0.254 e. The summed E-state index contributed by atoms with van der Waals surface area (Å²) in [5.74, 6) is -0.172. The van der Waals surface area contributed by atoms with Crippen LogP contribution in [0.1, 0.15) is 12.0 Å². The molecule has 4 nitrogen and oxygen atoms in total. The first-order chi connectivity index (χ1) is 10.2. The molecular weight excluding hydrogens is 379 g/mol. The van der Waals surface area contributed by atoms with Gasteiger partial charge in [-0.15, -0.1) is 0 Å². The Balaban J connectivity index is 1.62. The first-order valence-corrected chi connectivity index (χ1v) is 8.09. The lowest BCUT2D eigenvalue weighted by atomic mass is 9.85. The molecule has 1 saturated carbocycles. The summed E-state index contributed by atoms with van der Waals surface area (Å²) in [4.78, 5) is 24.9. The summed E-state index contributed by atoms with van der Waals surface area (Å²) in [6.45, 7) is 0. The second kappa shape index (κ2) is 4.76. The lowest BCUT2D eigenvalue weighted by molar-refractivity contribution is -0.140. The van der Waals surface area contributed by atoms with Crippen molar-refractivity contribution in [3.8, 4) is 0 Å². The molecule has 2 aliphatic carbocycles. The fourth-order valence-corrected chi connectivity index (χ4v) is 4.23. The van der Waals surface area contributed by atoms with Crippen LogP contribution in [0.3, 0.4) is 0 Å². The highest BCUT2D eigenvalue weighted by Crippen LogP contribution is 2.52. The zero-order valence-corrected chi connectivity index (χ0v) is 13.3. The average Bonchev–Trinajstić information content (AvgIpc) is 3.14. The van der Waals surface area contributed by atoms with Gasteiger partial charge in [-0.3, -0.25) is 9.59 Å². The van der Waals surface area contributed by atoms with Crippen LogP contribution in [0.2, 0.25) is 0 Å². The molecule has 0 spiro atoms. The molecule has 3 aliphatic rings. The molecular formula is C16H13IN2O2. The highest BCUT2D eigenvalue weighted by molar-refractivity contribution is 14.1.